The van der Waals surface area contributed by atoms with Crippen molar-refractivity contribution in [2.45, 2.75) is 65.2 Å². The number of ketones is 2. The molecule has 2 aliphatic carbocycles. The van der Waals surface area contributed by atoms with E-state index in [-0.39, 0.29) is 22.9 Å². The maximum atomic E-state index is 14.5. The molecule has 1 unspecified atom stereocenters. The smallest absolute Gasteiger partial charge is 0.191 e. The van der Waals surface area contributed by atoms with Gasteiger partial charge in [0.05, 0.1) is 0 Å². The lowest BCUT2D eigenvalue weighted by Gasteiger charge is -2.41. The molecule has 1 atom stereocenters. The van der Waals surface area contributed by atoms with Crippen molar-refractivity contribution in [3.63, 3.8) is 0 Å². The number of halogens is 2. The molecule has 1 fully saturated rings. The molecular weight excluding hydrogens is 444 g/mol. The van der Waals surface area contributed by atoms with Crippen molar-refractivity contribution in [2.75, 3.05) is 0 Å². The lowest BCUT2D eigenvalue weighted by atomic mass is 9.67. The molecule has 1 heterocycles. The van der Waals surface area contributed by atoms with Crippen LogP contribution < -0.4 is 5.32 Å². The average Bonchev–Trinajstić information content (AvgIpc) is 3.34. The number of allylic oxidation sites excluding steroid dienone is 4. The molecule has 35 heavy (non-hydrogen) atoms. The molecule has 182 valence electrons. The maximum absolute atomic E-state index is 14.5. The van der Waals surface area contributed by atoms with Crippen LogP contribution in [-0.4, -0.2) is 11.6 Å². The summed E-state index contributed by atoms with van der Waals surface area (Å²) in [5.41, 5.74) is 4.49. The highest BCUT2D eigenvalue weighted by Crippen LogP contribution is 2.49. The standard InChI is InChI=1S/C30H31F2NO2/c1-17-8-10-19(11-9-17)29(35)27-25(20-12-13-21(31)22(32)14-20)26-23(15-30(2,3)16-24(26)34)33-28(27)18-6-4-5-7-18/h8-14,18,25,33H,4-7,15-16H2,1-3H3. The Morgan fingerprint density at radius 1 is 0.971 bits per heavy atom. The van der Waals surface area contributed by atoms with E-state index >= 15 is 0 Å². The first-order valence-electron chi connectivity index (χ1n) is 12.5. The van der Waals surface area contributed by atoms with Gasteiger partial charge in [-0.3, -0.25) is 9.59 Å². The molecule has 3 aliphatic rings. The quantitative estimate of drug-likeness (QED) is 0.488. The van der Waals surface area contributed by atoms with Crippen molar-refractivity contribution < 1.29 is 18.4 Å². The minimum absolute atomic E-state index is 0.0434. The Morgan fingerprint density at radius 2 is 1.66 bits per heavy atom. The van der Waals surface area contributed by atoms with E-state index in [1.807, 2.05) is 19.1 Å². The van der Waals surface area contributed by atoms with Crippen LogP contribution in [0.5, 0.6) is 0 Å². The minimum atomic E-state index is -0.976. The number of aryl methyl sites for hydroxylation is 1. The molecule has 0 bridgehead atoms. The van der Waals surface area contributed by atoms with Crippen LogP contribution in [-0.2, 0) is 4.79 Å². The predicted molar refractivity (Wildman–Crippen MR) is 132 cm³/mol. The molecule has 5 heteroatoms. The molecule has 0 amide bonds. The SMILES string of the molecule is Cc1ccc(C(=O)C2=C(C3CCCC3)NC3=C(C(=O)CC(C)(C)C3)C2c2ccc(F)c(F)c2)cc1. The molecule has 0 spiro atoms. The van der Waals surface area contributed by atoms with E-state index in [9.17, 15) is 18.4 Å². The Hall–Kier alpha value is -3.08. The van der Waals surface area contributed by atoms with Gasteiger partial charge in [0, 0.05) is 40.4 Å². The molecule has 3 nitrogen and oxygen atoms in total. The van der Waals surface area contributed by atoms with E-state index in [0.717, 1.165) is 54.8 Å². The number of carbonyl (C=O) groups is 2. The second-order valence-corrected chi connectivity index (χ2v) is 11.1. The summed E-state index contributed by atoms with van der Waals surface area (Å²) < 4.78 is 28.4. The number of benzene rings is 2. The first-order chi connectivity index (χ1) is 16.6. The molecule has 1 saturated carbocycles. The van der Waals surface area contributed by atoms with E-state index < -0.39 is 17.6 Å². The monoisotopic (exact) mass is 475 g/mol. The van der Waals surface area contributed by atoms with Gasteiger partial charge in [-0.25, -0.2) is 8.78 Å². The van der Waals surface area contributed by atoms with Crippen LogP contribution >= 0.6 is 0 Å². The molecule has 1 N–H and O–H groups in total. The Bertz CT molecular complexity index is 1260. The Morgan fingerprint density at radius 3 is 2.31 bits per heavy atom. The zero-order valence-electron chi connectivity index (χ0n) is 20.5. The first-order valence-corrected chi connectivity index (χ1v) is 12.5. The molecule has 2 aromatic carbocycles. The Kier molecular flexibility index (Phi) is 5.98. The maximum Gasteiger partial charge on any atom is 0.191 e. The van der Waals surface area contributed by atoms with E-state index in [1.54, 1.807) is 12.1 Å². The highest BCUT2D eigenvalue weighted by atomic mass is 19.2. The van der Waals surface area contributed by atoms with Crippen LogP contribution in [0.2, 0.25) is 0 Å². The number of dihydropyridines is 1. The van der Waals surface area contributed by atoms with Gasteiger partial charge in [0.2, 0.25) is 0 Å². The molecule has 2 aromatic rings. The van der Waals surface area contributed by atoms with Gasteiger partial charge in [-0.1, -0.05) is 62.6 Å². The summed E-state index contributed by atoms with van der Waals surface area (Å²) in [7, 11) is 0. The van der Waals surface area contributed by atoms with Crippen molar-refractivity contribution in [1.82, 2.24) is 5.32 Å². The fourth-order valence-corrected chi connectivity index (χ4v) is 5.99. The lowest BCUT2D eigenvalue weighted by molar-refractivity contribution is -0.118. The Labute approximate surface area is 205 Å². The summed E-state index contributed by atoms with van der Waals surface area (Å²) in [4.78, 5) is 27.7. The molecule has 5 rings (SSSR count). The highest BCUT2D eigenvalue weighted by Gasteiger charge is 2.45. The molecular formula is C30H31F2NO2. The fraction of sp³-hybridized carbons (Fsp3) is 0.400. The van der Waals surface area contributed by atoms with Crippen LogP contribution in [0.25, 0.3) is 0 Å². The van der Waals surface area contributed by atoms with Gasteiger partial charge < -0.3 is 5.32 Å². The van der Waals surface area contributed by atoms with Crippen molar-refractivity contribution in [1.29, 1.82) is 0 Å². The van der Waals surface area contributed by atoms with Crippen molar-refractivity contribution in [3.8, 4) is 0 Å². The predicted octanol–water partition coefficient (Wildman–Crippen LogP) is 6.93. The third kappa shape index (κ3) is 4.37. The van der Waals surface area contributed by atoms with E-state index in [2.05, 4.69) is 19.2 Å². The van der Waals surface area contributed by atoms with Crippen LogP contribution in [0.3, 0.4) is 0 Å². The van der Waals surface area contributed by atoms with E-state index in [0.29, 0.717) is 35.1 Å². The number of hydrogen-bond acceptors (Lipinski definition) is 3. The Balaban J connectivity index is 1.75. The summed E-state index contributed by atoms with van der Waals surface area (Å²) in [5, 5.41) is 3.57. The normalized spacial score (nSPS) is 22.3. The summed E-state index contributed by atoms with van der Waals surface area (Å²) in [6.07, 6.45) is 5.08. The number of hydrogen-bond donors (Lipinski definition) is 1. The van der Waals surface area contributed by atoms with Crippen LogP contribution in [0.1, 0.15) is 79.8 Å². The van der Waals surface area contributed by atoms with Gasteiger partial charge in [0.25, 0.3) is 0 Å². The lowest BCUT2D eigenvalue weighted by Crippen LogP contribution is -2.40. The zero-order chi connectivity index (χ0) is 24.9. The number of rotatable bonds is 4. The minimum Gasteiger partial charge on any atom is -0.361 e. The van der Waals surface area contributed by atoms with Gasteiger partial charge in [-0.05, 0) is 55.2 Å². The molecule has 0 saturated heterocycles. The van der Waals surface area contributed by atoms with E-state index in [1.165, 1.54) is 6.07 Å². The second-order valence-electron chi connectivity index (χ2n) is 11.1. The number of Topliss-reactive ketones (excluding diaryl/α,β-unsaturated/α-hetero) is 2. The summed E-state index contributed by atoms with van der Waals surface area (Å²) in [5.74, 6) is -2.69. The number of nitrogens with one attached hydrogen (secondary N) is 1. The van der Waals surface area contributed by atoms with Crippen molar-refractivity contribution in [3.05, 3.63) is 93.3 Å². The molecule has 1 aliphatic heterocycles. The van der Waals surface area contributed by atoms with Gasteiger partial charge >= 0.3 is 0 Å². The van der Waals surface area contributed by atoms with E-state index in [4.69, 9.17) is 0 Å². The van der Waals surface area contributed by atoms with Crippen molar-refractivity contribution >= 4 is 11.6 Å². The van der Waals surface area contributed by atoms with Crippen LogP contribution in [0, 0.1) is 29.9 Å². The summed E-state index contributed by atoms with van der Waals surface area (Å²) >= 11 is 0. The summed E-state index contributed by atoms with van der Waals surface area (Å²) in [6.45, 7) is 6.09. The van der Waals surface area contributed by atoms with Crippen LogP contribution in [0.4, 0.5) is 8.78 Å². The third-order valence-electron chi connectivity index (χ3n) is 7.67. The zero-order valence-corrected chi connectivity index (χ0v) is 20.5. The van der Waals surface area contributed by atoms with Gasteiger partial charge in [0.1, 0.15) is 0 Å². The first kappa shape index (κ1) is 23.7. The largest absolute Gasteiger partial charge is 0.361 e. The molecule has 0 radical (unpaired) electrons. The van der Waals surface area contributed by atoms with Crippen molar-refractivity contribution in [2.24, 2.45) is 11.3 Å². The third-order valence-corrected chi connectivity index (χ3v) is 7.67. The number of carbonyl (C=O) groups excluding carboxylic acids is 2. The topological polar surface area (TPSA) is 46.2 Å². The highest BCUT2D eigenvalue weighted by molar-refractivity contribution is 6.13. The van der Waals surface area contributed by atoms with Crippen LogP contribution in [0.15, 0.2) is 65.0 Å². The summed E-state index contributed by atoms with van der Waals surface area (Å²) in [6, 6.07) is 11.1. The van der Waals surface area contributed by atoms with Gasteiger partial charge in [-0.15, -0.1) is 0 Å². The average molecular weight is 476 g/mol. The fourth-order valence-electron chi connectivity index (χ4n) is 5.99. The van der Waals surface area contributed by atoms with Gasteiger partial charge in [-0.2, -0.15) is 0 Å². The molecule has 0 aromatic heterocycles. The van der Waals surface area contributed by atoms with Gasteiger partial charge in [0.15, 0.2) is 23.2 Å². The second kappa shape index (κ2) is 8.85.